The third kappa shape index (κ3) is 1.10. The Bertz CT molecular complexity index is 428. The summed E-state index contributed by atoms with van der Waals surface area (Å²) in [6, 6.07) is 6.41. The Morgan fingerprint density at radius 2 is 1.93 bits per heavy atom. The summed E-state index contributed by atoms with van der Waals surface area (Å²) in [6.45, 7) is 0. The number of amides is 1. The Kier molecular flexibility index (Phi) is 1.85. The van der Waals surface area contributed by atoms with Gasteiger partial charge in [0.25, 0.3) is 0 Å². The first kappa shape index (κ1) is 8.55. The highest BCUT2D eigenvalue weighted by Crippen LogP contribution is 2.25. The van der Waals surface area contributed by atoms with Gasteiger partial charge in [-0.3, -0.25) is 9.59 Å². The van der Waals surface area contributed by atoms with E-state index < -0.39 is 5.91 Å². The average Bonchev–Trinajstić information content (AvgIpc) is 2.18. The van der Waals surface area contributed by atoms with Crippen LogP contribution in [-0.4, -0.2) is 11.7 Å². The lowest BCUT2D eigenvalue weighted by Crippen LogP contribution is -2.38. The largest absolute Gasteiger partial charge is 0.494 e. The third-order valence-corrected chi connectivity index (χ3v) is 2.06. The molecule has 2 rings (SSSR count). The average molecular weight is 190 g/mol. The van der Waals surface area contributed by atoms with E-state index in [9.17, 15) is 14.5 Å². The summed E-state index contributed by atoms with van der Waals surface area (Å²) >= 11 is 0. The van der Waals surface area contributed by atoms with Crippen LogP contribution in [0.1, 0.15) is 16.8 Å². The third-order valence-electron chi connectivity index (χ3n) is 2.06. The van der Waals surface area contributed by atoms with Crippen LogP contribution < -0.4 is 10.3 Å². The van der Waals surface area contributed by atoms with E-state index >= 15 is 0 Å². The van der Waals surface area contributed by atoms with E-state index in [2.05, 4.69) is 5.29 Å². The summed E-state index contributed by atoms with van der Waals surface area (Å²) in [5.41, 5.74) is 0.635. The molecule has 1 aromatic carbocycles. The standard InChI is InChI=1S/C9H6N2O3/c12-8-5-9(13)11(10-14)7-4-2-1-3-6(7)8/h1-4H,5H2/q+1. The molecule has 69 valence electrons. The minimum Gasteiger partial charge on any atom is -0.294 e. The van der Waals surface area contributed by atoms with Crippen molar-refractivity contribution in [2.75, 3.05) is 5.01 Å². The number of rotatable bonds is 1. The van der Waals surface area contributed by atoms with Crippen LogP contribution in [0.15, 0.2) is 24.3 Å². The molecule has 5 nitrogen and oxygen atoms in total. The highest BCUT2D eigenvalue weighted by atomic mass is 16.3. The number of hydrogen-bond donors (Lipinski definition) is 0. The van der Waals surface area contributed by atoms with Gasteiger partial charge < -0.3 is 0 Å². The second-order valence-corrected chi connectivity index (χ2v) is 2.90. The van der Waals surface area contributed by atoms with Gasteiger partial charge in [0.15, 0.2) is 5.78 Å². The minimum absolute atomic E-state index is 0.267. The molecule has 0 aliphatic carbocycles. The van der Waals surface area contributed by atoms with E-state index in [-0.39, 0.29) is 17.9 Å². The molecule has 1 amide bonds. The van der Waals surface area contributed by atoms with Crippen LogP contribution in [0.2, 0.25) is 0 Å². The predicted octanol–water partition coefficient (Wildman–Crippen LogP) is 0.623. The number of nitroso groups, excluding NO2 is 1. The maximum atomic E-state index is 11.4. The van der Waals surface area contributed by atoms with E-state index in [0.717, 1.165) is 5.01 Å². The van der Waals surface area contributed by atoms with Gasteiger partial charge in [0, 0.05) is 10.6 Å². The highest BCUT2D eigenvalue weighted by molar-refractivity contribution is 6.19. The van der Waals surface area contributed by atoms with E-state index in [1.165, 1.54) is 6.07 Å². The number of benzene rings is 1. The van der Waals surface area contributed by atoms with Crippen LogP contribution in [0.3, 0.4) is 0 Å². The Morgan fingerprint density at radius 3 is 2.64 bits per heavy atom. The molecule has 14 heavy (non-hydrogen) atoms. The molecule has 1 aliphatic heterocycles. The fraction of sp³-hybridized carbons (Fsp3) is 0.111. The molecule has 0 N–H and O–H groups in total. The van der Waals surface area contributed by atoms with Gasteiger partial charge in [-0.15, -0.1) is 0 Å². The molecule has 0 saturated heterocycles. The Morgan fingerprint density at radius 1 is 1.21 bits per heavy atom. The first-order valence-electron chi connectivity index (χ1n) is 4.02. The fourth-order valence-corrected chi connectivity index (χ4v) is 1.43. The summed E-state index contributed by atoms with van der Waals surface area (Å²) < 4.78 is 0. The van der Waals surface area contributed by atoms with Crippen LogP contribution in [0.25, 0.3) is 0 Å². The number of Topliss-reactive ketones (excluding diaryl/α,β-unsaturated/α-hetero) is 1. The summed E-state index contributed by atoms with van der Waals surface area (Å²) in [5, 5.41) is 3.30. The molecule has 1 radical (unpaired) electrons. The molecule has 1 heterocycles. The number of hydrogen-bond acceptors (Lipinski definition) is 4. The molecule has 0 spiro atoms. The molecule has 0 aromatic heterocycles. The SMILES string of the molecule is O=[N+]N1C(=O)CC(=O)c2ccccc21. The zero-order chi connectivity index (χ0) is 10.1. The van der Waals surface area contributed by atoms with Crippen molar-refractivity contribution in [3.8, 4) is 0 Å². The van der Waals surface area contributed by atoms with Crippen LogP contribution in [0, 0.1) is 4.91 Å². The van der Waals surface area contributed by atoms with Crippen molar-refractivity contribution >= 4 is 17.4 Å². The van der Waals surface area contributed by atoms with Crippen molar-refractivity contribution in [2.45, 2.75) is 6.42 Å². The van der Waals surface area contributed by atoms with Gasteiger partial charge in [-0.2, -0.15) is 0 Å². The molecular weight excluding hydrogens is 184 g/mol. The number of ketones is 1. The van der Waals surface area contributed by atoms with Crippen molar-refractivity contribution in [3.05, 3.63) is 34.7 Å². The van der Waals surface area contributed by atoms with E-state index in [4.69, 9.17) is 0 Å². The van der Waals surface area contributed by atoms with Gasteiger partial charge in [-0.1, -0.05) is 12.1 Å². The van der Waals surface area contributed by atoms with E-state index in [0.29, 0.717) is 5.56 Å². The maximum absolute atomic E-state index is 11.4. The van der Waals surface area contributed by atoms with Crippen molar-refractivity contribution in [1.82, 2.24) is 5.29 Å². The lowest BCUT2D eigenvalue weighted by atomic mass is 10.0. The number of para-hydroxylation sites is 1. The smallest absolute Gasteiger partial charge is 0.294 e. The van der Waals surface area contributed by atoms with Gasteiger partial charge >= 0.3 is 11.2 Å². The van der Waals surface area contributed by atoms with Gasteiger partial charge in [0.05, 0.1) is 6.42 Å². The van der Waals surface area contributed by atoms with Crippen molar-refractivity contribution in [3.63, 3.8) is 0 Å². The summed E-state index contributed by atoms with van der Waals surface area (Å²) in [7, 11) is 0. The lowest BCUT2D eigenvalue weighted by Gasteiger charge is -2.12. The first-order chi connectivity index (χ1) is 6.74. The van der Waals surface area contributed by atoms with Crippen molar-refractivity contribution in [1.29, 1.82) is 0 Å². The maximum Gasteiger partial charge on any atom is 0.494 e. The molecule has 5 heteroatoms. The number of carbonyl (C=O) groups excluding carboxylic acids is 2. The number of nitrogens with zero attached hydrogens (tertiary/aromatic N) is 2. The predicted molar refractivity (Wildman–Crippen MR) is 48.4 cm³/mol. The zero-order valence-electron chi connectivity index (χ0n) is 7.14. The highest BCUT2D eigenvalue weighted by Gasteiger charge is 2.38. The molecule has 0 bridgehead atoms. The van der Waals surface area contributed by atoms with Crippen LogP contribution in [0.4, 0.5) is 5.69 Å². The van der Waals surface area contributed by atoms with Gasteiger partial charge in [-0.05, 0) is 12.1 Å². The fourth-order valence-electron chi connectivity index (χ4n) is 1.43. The summed E-state index contributed by atoms with van der Waals surface area (Å²) in [5.74, 6) is -0.853. The van der Waals surface area contributed by atoms with Crippen molar-refractivity contribution in [2.24, 2.45) is 0 Å². The molecule has 0 saturated carbocycles. The van der Waals surface area contributed by atoms with E-state index in [1.54, 1.807) is 18.2 Å². The zero-order valence-corrected chi connectivity index (χ0v) is 7.14. The lowest BCUT2D eigenvalue weighted by molar-refractivity contribution is -0.118. The first-order valence-corrected chi connectivity index (χ1v) is 4.02. The number of fused-ring (bicyclic) bond motifs is 1. The van der Waals surface area contributed by atoms with Crippen LogP contribution >= 0.6 is 0 Å². The molecule has 0 atom stereocenters. The van der Waals surface area contributed by atoms with E-state index in [1.807, 2.05) is 0 Å². The summed E-state index contributed by atoms with van der Waals surface area (Å²) in [6.07, 6.45) is -0.289. The monoisotopic (exact) mass is 190 g/mol. The van der Waals surface area contributed by atoms with Gasteiger partial charge in [0.2, 0.25) is 0 Å². The quantitative estimate of drug-likeness (QED) is 0.609. The van der Waals surface area contributed by atoms with Crippen LogP contribution in [-0.2, 0) is 4.79 Å². The molecule has 0 unspecified atom stereocenters. The van der Waals surface area contributed by atoms with Crippen molar-refractivity contribution < 1.29 is 9.59 Å². The normalized spacial score (nSPS) is 15.3. The van der Waals surface area contributed by atoms with Gasteiger partial charge in [0.1, 0.15) is 10.6 Å². The number of carbonyl (C=O) groups is 2. The number of anilines is 1. The Labute approximate surface area is 79.3 Å². The Hall–Kier alpha value is -2.04. The minimum atomic E-state index is -0.580. The van der Waals surface area contributed by atoms with Crippen LogP contribution in [0.5, 0.6) is 0 Å². The molecule has 1 aliphatic rings. The van der Waals surface area contributed by atoms with Gasteiger partial charge in [-0.25, -0.2) is 0 Å². The molecule has 0 fully saturated rings. The molecular formula is C9H6N2O3+. The second kappa shape index (κ2) is 3.02. The summed E-state index contributed by atoms with van der Waals surface area (Å²) in [4.78, 5) is 33.0. The molecule has 1 aromatic rings. The second-order valence-electron chi connectivity index (χ2n) is 2.90. The topological polar surface area (TPSA) is 68.6 Å². The Balaban J connectivity index is 2.61.